The number of carbonyl (C=O) groups is 1. The average Bonchev–Trinajstić information content (AvgIpc) is 2.87. The fourth-order valence-electron chi connectivity index (χ4n) is 2.53. The Morgan fingerprint density at radius 3 is 2.79 bits per heavy atom. The van der Waals surface area contributed by atoms with E-state index in [0.717, 1.165) is 25.3 Å². The summed E-state index contributed by atoms with van der Waals surface area (Å²) in [6.07, 6.45) is 2.77. The predicted octanol–water partition coefficient (Wildman–Crippen LogP) is 2.63. The molecular weight excluding hydrogens is 238 g/mol. The van der Waals surface area contributed by atoms with Crippen LogP contribution in [0.5, 0.6) is 0 Å². The van der Waals surface area contributed by atoms with Crippen molar-refractivity contribution in [3.63, 3.8) is 0 Å². The van der Waals surface area contributed by atoms with E-state index in [0.29, 0.717) is 11.5 Å². The third-order valence-corrected chi connectivity index (χ3v) is 3.96. The summed E-state index contributed by atoms with van der Waals surface area (Å²) in [6, 6.07) is 3.60. The number of rotatable bonds is 2. The zero-order valence-electron chi connectivity index (χ0n) is 12.2. The lowest BCUT2D eigenvalue weighted by Crippen LogP contribution is -2.31. The van der Waals surface area contributed by atoms with Gasteiger partial charge in [0.15, 0.2) is 0 Å². The van der Waals surface area contributed by atoms with Gasteiger partial charge in [0, 0.05) is 31.9 Å². The molecule has 4 heteroatoms. The number of carbonyl (C=O) groups excluding carboxylic acids is 1. The summed E-state index contributed by atoms with van der Waals surface area (Å²) >= 11 is 0. The molecule has 104 valence electrons. The molecule has 1 saturated heterocycles. The highest BCUT2D eigenvalue weighted by molar-refractivity contribution is 5.95. The van der Waals surface area contributed by atoms with Crippen molar-refractivity contribution in [3.8, 4) is 0 Å². The van der Waals surface area contributed by atoms with Gasteiger partial charge in [-0.1, -0.05) is 20.8 Å². The summed E-state index contributed by atoms with van der Waals surface area (Å²) in [4.78, 5) is 18.6. The van der Waals surface area contributed by atoms with Gasteiger partial charge in [0.25, 0.3) is 5.91 Å². The molecule has 1 aliphatic rings. The van der Waals surface area contributed by atoms with E-state index >= 15 is 0 Å². The van der Waals surface area contributed by atoms with E-state index in [1.807, 2.05) is 18.0 Å². The van der Waals surface area contributed by atoms with Crippen LogP contribution in [0.3, 0.4) is 0 Å². The summed E-state index contributed by atoms with van der Waals surface area (Å²) < 4.78 is 0. The molecule has 1 atom stereocenters. The maximum Gasteiger partial charge on any atom is 0.254 e. The maximum atomic E-state index is 12.5. The Morgan fingerprint density at radius 2 is 2.21 bits per heavy atom. The van der Waals surface area contributed by atoms with E-state index in [2.05, 4.69) is 31.1 Å². The molecule has 4 nitrogen and oxygen atoms in total. The molecule has 1 amide bonds. The molecule has 1 unspecified atom stereocenters. The number of aromatic nitrogens is 1. The number of likely N-dealkylation sites (tertiary alicyclic amines) is 1. The summed E-state index contributed by atoms with van der Waals surface area (Å²) in [7, 11) is 1.81. The lowest BCUT2D eigenvalue weighted by Gasteiger charge is -2.27. The van der Waals surface area contributed by atoms with Gasteiger partial charge in [-0.05, 0) is 29.9 Å². The van der Waals surface area contributed by atoms with E-state index in [1.165, 1.54) is 0 Å². The monoisotopic (exact) mass is 261 g/mol. The van der Waals surface area contributed by atoms with Crippen LogP contribution >= 0.6 is 0 Å². The lowest BCUT2D eigenvalue weighted by atomic mass is 9.80. The zero-order chi connectivity index (χ0) is 14.0. The molecule has 19 heavy (non-hydrogen) atoms. The standard InChI is InChI=1S/C15H23N3O/c1-15(2,3)12-6-8-18(10-12)14(19)11-5-7-17-13(9-11)16-4/h5,7,9,12H,6,8,10H2,1-4H3,(H,16,17). The molecule has 0 aliphatic carbocycles. The molecule has 1 N–H and O–H groups in total. The van der Waals surface area contributed by atoms with E-state index in [-0.39, 0.29) is 11.3 Å². The minimum Gasteiger partial charge on any atom is -0.373 e. The van der Waals surface area contributed by atoms with Gasteiger partial charge >= 0.3 is 0 Å². The first-order valence-electron chi connectivity index (χ1n) is 6.85. The molecule has 0 aromatic carbocycles. The van der Waals surface area contributed by atoms with E-state index in [4.69, 9.17) is 0 Å². The van der Waals surface area contributed by atoms with Crippen molar-refractivity contribution in [3.05, 3.63) is 23.9 Å². The number of hydrogen-bond acceptors (Lipinski definition) is 3. The molecule has 1 aromatic heterocycles. The van der Waals surface area contributed by atoms with Crippen LogP contribution in [0.25, 0.3) is 0 Å². The van der Waals surface area contributed by atoms with Crippen molar-refractivity contribution in [2.75, 3.05) is 25.5 Å². The van der Waals surface area contributed by atoms with Crippen LogP contribution in [0, 0.1) is 11.3 Å². The summed E-state index contributed by atoms with van der Waals surface area (Å²) in [5, 5.41) is 2.96. The van der Waals surface area contributed by atoms with Crippen molar-refractivity contribution >= 4 is 11.7 Å². The number of amides is 1. The van der Waals surface area contributed by atoms with Crippen molar-refractivity contribution in [1.29, 1.82) is 0 Å². The third-order valence-electron chi connectivity index (χ3n) is 3.96. The van der Waals surface area contributed by atoms with Crippen molar-refractivity contribution in [2.45, 2.75) is 27.2 Å². The molecule has 0 radical (unpaired) electrons. The number of nitrogens with zero attached hydrogens (tertiary/aromatic N) is 2. The molecular formula is C15H23N3O. The topological polar surface area (TPSA) is 45.2 Å². The van der Waals surface area contributed by atoms with Crippen molar-refractivity contribution < 1.29 is 4.79 Å². The highest BCUT2D eigenvalue weighted by Crippen LogP contribution is 2.34. The van der Waals surface area contributed by atoms with Crippen LogP contribution in [0.4, 0.5) is 5.82 Å². The lowest BCUT2D eigenvalue weighted by molar-refractivity contribution is 0.0776. The molecule has 1 aromatic rings. The number of nitrogens with one attached hydrogen (secondary N) is 1. The first kappa shape index (κ1) is 13.8. The van der Waals surface area contributed by atoms with Gasteiger partial charge in [-0.15, -0.1) is 0 Å². The number of hydrogen-bond donors (Lipinski definition) is 1. The molecule has 0 spiro atoms. The number of anilines is 1. The SMILES string of the molecule is CNc1cc(C(=O)N2CCC(C(C)(C)C)C2)ccn1. The van der Waals surface area contributed by atoms with E-state index in [1.54, 1.807) is 12.3 Å². The van der Waals surface area contributed by atoms with Crippen LogP contribution in [0.1, 0.15) is 37.6 Å². The molecule has 0 bridgehead atoms. The van der Waals surface area contributed by atoms with Gasteiger partial charge in [-0.25, -0.2) is 4.98 Å². The first-order valence-corrected chi connectivity index (χ1v) is 6.85. The molecule has 0 saturated carbocycles. The second kappa shape index (κ2) is 5.19. The Bertz CT molecular complexity index is 465. The van der Waals surface area contributed by atoms with E-state index < -0.39 is 0 Å². The van der Waals surface area contributed by atoms with Crippen LogP contribution in [-0.4, -0.2) is 35.9 Å². The molecule has 2 rings (SSSR count). The predicted molar refractivity (Wildman–Crippen MR) is 77.2 cm³/mol. The zero-order valence-corrected chi connectivity index (χ0v) is 12.2. The molecule has 1 aliphatic heterocycles. The van der Waals surface area contributed by atoms with E-state index in [9.17, 15) is 4.79 Å². The van der Waals surface area contributed by atoms with Crippen LogP contribution in [0.15, 0.2) is 18.3 Å². The quantitative estimate of drug-likeness (QED) is 0.890. The second-order valence-electron chi connectivity index (χ2n) is 6.28. The average molecular weight is 261 g/mol. The maximum absolute atomic E-state index is 12.5. The Hall–Kier alpha value is -1.58. The van der Waals surface area contributed by atoms with Gasteiger partial charge in [-0.3, -0.25) is 4.79 Å². The fourth-order valence-corrected chi connectivity index (χ4v) is 2.53. The Morgan fingerprint density at radius 1 is 1.47 bits per heavy atom. The van der Waals surface area contributed by atoms with Crippen LogP contribution in [0.2, 0.25) is 0 Å². The Balaban J connectivity index is 2.09. The summed E-state index contributed by atoms with van der Waals surface area (Å²) in [6.45, 7) is 8.46. The van der Waals surface area contributed by atoms with Gasteiger partial charge in [0.2, 0.25) is 0 Å². The second-order valence-corrected chi connectivity index (χ2v) is 6.28. The Labute approximate surface area is 115 Å². The highest BCUT2D eigenvalue weighted by Gasteiger charge is 2.34. The summed E-state index contributed by atoms with van der Waals surface area (Å²) in [5.74, 6) is 1.44. The molecule has 1 fully saturated rings. The Kier molecular flexibility index (Phi) is 3.78. The largest absolute Gasteiger partial charge is 0.373 e. The van der Waals surface area contributed by atoms with Gasteiger partial charge < -0.3 is 10.2 Å². The fraction of sp³-hybridized carbons (Fsp3) is 0.600. The minimum absolute atomic E-state index is 0.116. The number of pyridine rings is 1. The van der Waals surface area contributed by atoms with Gasteiger partial charge in [0.1, 0.15) is 5.82 Å². The van der Waals surface area contributed by atoms with Crippen molar-refractivity contribution in [2.24, 2.45) is 11.3 Å². The first-order chi connectivity index (χ1) is 8.91. The minimum atomic E-state index is 0.116. The summed E-state index contributed by atoms with van der Waals surface area (Å²) in [5.41, 5.74) is 0.984. The van der Waals surface area contributed by atoms with Crippen molar-refractivity contribution in [1.82, 2.24) is 9.88 Å². The normalized spacial score (nSPS) is 19.6. The third kappa shape index (κ3) is 3.06. The van der Waals surface area contributed by atoms with Crippen LogP contribution < -0.4 is 5.32 Å². The smallest absolute Gasteiger partial charge is 0.254 e. The highest BCUT2D eigenvalue weighted by atomic mass is 16.2. The van der Waals surface area contributed by atoms with Gasteiger partial charge in [0.05, 0.1) is 0 Å². The molecule has 2 heterocycles. The van der Waals surface area contributed by atoms with Crippen LogP contribution in [-0.2, 0) is 0 Å². The van der Waals surface area contributed by atoms with Gasteiger partial charge in [-0.2, -0.15) is 0 Å².